The van der Waals surface area contributed by atoms with Gasteiger partial charge in [0.15, 0.2) is 0 Å². The summed E-state index contributed by atoms with van der Waals surface area (Å²) in [4.78, 5) is 24.4. The summed E-state index contributed by atoms with van der Waals surface area (Å²) in [6, 6.07) is 5.90. The van der Waals surface area contributed by atoms with Gasteiger partial charge < -0.3 is 19.8 Å². The molecule has 2 rings (SSSR count). The molecule has 0 fully saturated rings. The molecule has 0 aromatic carbocycles. The molecule has 0 radical (unpaired) electrons. The fourth-order valence-electron chi connectivity index (χ4n) is 1.36. The van der Waals surface area contributed by atoms with E-state index >= 15 is 0 Å². The molecular formula is C11H10N2O4. The van der Waals surface area contributed by atoms with E-state index in [0.29, 0.717) is 18.1 Å². The summed E-state index contributed by atoms with van der Waals surface area (Å²) in [5, 5.41) is 11.7. The van der Waals surface area contributed by atoms with E-state index in [-0.39, 0.29) is 5.56 Å². The molecule has 2 heterocycles. The number of carboxylic acid groups (broad SMARTS) is 1. The third-order valence-electron chi connectivity index (χ3n) is 2.12. The zero-order valence-corrected chi connectivity index (χ0v) is 8.77. The summed E-state index contributed by atoms with van der Waals surface area (Å²) in [6.07, 6.45) is 1.54. The van der Waals surface area contributed by atoms with Gasteiger partial charge in [-0.25, -0.2) is 4.79 Å². The standard InChI is InChI=1S/C11H10N2O4/c14-10-5-7(11(15)16)4-9(13-10)12-6-8-2-1-3-17-8/h1-5H,6H2,(H,15,16)(H2,12,13,14). The molecule has 0 saturated carbocycles. The lowest BCUT2D eigenvalue weighted by atomic mass is 10.2. The third kappa shape index (κ3) is 2.75. The fourth-order valence-corrected chi connectivity index (χ4v) is 1.36. The summed E-state index contributed by atoms with van der Waals surface area (Å²) in [5.41, 5.74) is -0.525. The predicted molar refractivity (Wildman–Crippen MR) is 60.1 cm³/mol. The van der Waals surface area contributed by atoms with E-state index in [1.165, 1.54) is 12.3 Å². The van der Waals surface area contributed by atoms with Gasteiger partial charge in [0.25, 0.3) is 0 Å². The van der Waals surface area contributed by atoms with Crippen LogP contribution in [0.25, 0.3) is 0 Å². The Labute approximate surface area is 95.9 Å². The van der Waals surface area contributed by atoms with Crippen molar-refractivity contribution in [3.63, 3.8) is 0 Å². The molecule has 0 atom stereocenters. The summed E-state index contributed by atoms with van der Waals surface area (Å²) in [6.45, 7) is 0.367. The van der Waals surface area contributed by atoms with Crippen LogP contribution in [0.4, 0.5) is 5.82 Å². The van der Waals surface area contributed by atoms with Gasteiger partial charge in [-0.15, -0.1) is 0 Å². The predicted octanol–water partition coefficient (Wildman–Crippen LogP) is 1.28. The van der Waals surface area contributed by atoms with Crippen LogP contribution in [0.15, 0.2) is 39.7 Å². The number of hydrogen-bond acceptors (Lipinski definition) is 4. The van der Waals surface area contributed by atoms with Crippen molar-refractivity contribution in [3.05, 3.63) is 52.2 Å². The van der Waals surface area contributed by atoms with Gasteiger partial charge in [0, 0.05) is 6.07 Å². The number of carbonyl (C=O) groups is 1. The maximum absolute atomic E-state index is 11.2. The van der Waals surface area contributed by atoms with Crippen LogP contribution in [0.1, 0.15) is 16.1 Å². The Bertz CT molecular complexity index is 571. The van der Waals surface area contributed by atoms with Crippen LogP contribution in [-0.4, -0.2) is 16.1 Å². The second-order valence-electron chi connectivity index (χ2n) is 3.39. The first-order valence-electron chi connectivity index (χ1n) is 4.89. The zero-order chi connectivity index (χ0) is 12.3. The lowest BCUT2D eigenvalue weighted by molar-refractivity contribution is 0.0696. The first kappa shape index (κ1) is 11.0. The fraction of sp³-hybridized carbons (Fsp3) is 0.0909. The number of H-pyrrole nitrogens is 1. The number of anilines is 1. The molecule has 0 amide bonds. The normalized spacial score (nSPS) is 10.1. The number of pyridine rings is 1. The van der Waals surface area contributed by atoms with Crippen molar-refractivity contribution in [2.45, 2.75) is 6.54 Å². The number of hydrogen-bond donors (Lipinski definition) is 3. The number of aromatic carboxylic acids is 1. The number of aromatic nitrogens is 1. The Balaban J connectivity index is 2.15. The van der Waals surface area contributed by atoms with Crippen LogP contribution in [0.5, 0.6) is 0 Å². The molecule has 0 aliphatic rings. The number of carboxylic acids is 1. The van der Waals surface area contributed by atoms with E-state index in [4.69, 9.17) is 9.52 Å². The SMILES string of the molecule is O=C(O)c1cc(NCc2ccco2)[nH]c(=O)c1. The van der Waals surface area contributed by atoms with Crippen LogP contribution in [0.3, 0.4) is 0 Å². The topological polar surface area (TPSA) is 95.3 Å². The van der Waals surface area contributed by atoms with Crippen LogP contribution in [0.2, 0.25) is 0 Å². The molecule has 2 aromatic rings. The molecule has 17 heavy (non-hydrogen) atoms. The van der Waals surface area contributed by atoms with Gasteiger partial charge in [-0.1, -0.05) is 0 Å². The monoisotopic (exact) mass is 234 g/mol. The van der Waals surface area contributed by atoms with Gasteiger partial charge >= 0.3 is 5.97 Å². The van der Waals surface area contributed by atoms with Gasteiger partial charge in [0.05, 0.1) is 18.4 Å². The van der Waals surface area contributed by atoms with Gasteiger partial charge in [-0.05, 0) is 18.2 Å². The summed E-state index contributed by atoms with van der Waals surface area (Å²) < 4.78 is 5.09. The van der Waals surface area contributed by atoms with E-state index in [1.54, 1.807) is 12.1 Å². The van der Waals surface area contributed by atoms with Gasteiger partial charge in [0.2, 0.25) is 5.56 Å². The number of rotatable bonds is 4. The van der Waals surface area contributed by atoms with E-state index in [1.807, 2.05) is 0 Å². The average Bonchev–Trinajstić information content (AvgIpc) is 2.78. The Morgan fingerprint density at radius 1 is 1.47 bits per heavy atom. The Morgan fingerprint density at radius 2 is 2.29 bits per heavy atom. The van der Waals surface area contributed by atoms with Crippen molar-refractivity contribution in [3.8, 4) is 0 Å². The van der Waals surface area contributed by atoms with E-state index in [2.05, 4.69) is 10.3 Å². The highest BCUT2D eigenvalue weighted by Gasteiger charge is 2.06. The molecule has 0 bridgehead atoms. The van der Waals surface area contributed by atoms with Crippen LogP contribution < -0.4 is 10.9 Å². The molecule has 0 spiro atoms. The Kier molecular flexibility index (Phi) is 2.95. The molecule has 6 nitrogen and oxygen atoms in total. The second kappa shape index (κ2) is 4.56. The molecule has 2 aromatic heterocycles. The minimum Gasteiger partial charge on any atom is -0.478 e. The largest absolute Gasteiger partial charge is 0.478 e. The number of nitrogens with one attached hydrogen (secondary N) is 2. The molecule has 0 aliphatic carbocycles. The third-order valence-corrected chi connectivity index (χ3v) is 2.12. The summed E-state index contributed by atoms with van der Waals surface area (Å²) in [5.74, 6) is -0.116. The molecule has 88 valence electrons. The average molecular weight is 234 g/mol. The van der Waals surface area contributed by atoms with Gasteiger partial charge in [0.1, 0.15) is 11.6 Å². The quantitative estimate of drug-likeness (QED) is 0.740. The highest BCUT2D eigenvalue weighted by atomic mass is 16.4. The lowest BCUT2D eigenvalue weighted by Gasteiger charge is -2.04. The molecule has 3 N–H and O–H groups in total. The highest BCUT2D eigenvalue weighted by Crippen LogP contribution is 2.07. The second-order valence-corrected chi connectivity index (χ2v) is 3.39. The van der Waals surface area contributed by atoms with E-state index < -0.39 is 11.5 Å². The van der Waals surface area contributed by atoms with E-state index in [0.717, 1.165) is 6.07 Å². The van der Waals surface area contributed by atoms with Crippen molar-refractivity contribution in [2.24, 2.45) is 0 Å². The summed E-state index contributed by atoms with van der Waals surface area (Å²) >= 11 is 0. The van der Waals surface area contributed by atoms with Crippen molar-refractivity contribution < 1.29 is 14.3 Å². The van der Waals surface area contributed by atoms with Crippen LogP contribution in [0, 0.1) is 0 Å². The maximum atomic E-state index is 11.2. The van der Waals surface area contributed by atoms with E-state index in [9.17, 15) is 9.59 Å². The van der Waals surface area contributed by atoms with Crippen molar-refractivity contribution in [1.29, 1.82) is 0 Å². The number of furan rings is 1. The van der Waals surface area contributed by atoms with Crippen LogP contribution in [-0.2, 0) is 6.54 Å². The Hall–Kier alpha value is -2.50. The number of aromatic amines is 1. The lowest BCUT2D eigenvalue weighted by Crippen LogP contribution is -2.13. The van der Waals surface area contributed by atoms with Crippen molar-refractivity contribution >= 4 is 11.8 Å². The van der Waals surface area contributed by atoms with Gasteiger partial charge in [-0.3, -0.25) is 4.79 Å². The molecule has 0 aliphatic heterocycles. The van der Waals surface area contributed by atoms with Gasteiger partial charge in [-0.2, -0.15) is 0 Å². The van der Waals surface area contributed by atoms with Crippen molar-refractivity contribution in [1.82, 2.24) is 4.98 Å². The Morgan fingerprint density at radius 3 is 2.94 bits per heavy atom. The maximum Gasteiger partial charge on any atom is 0.336 e. The summed E-state index contributed by atoms with van der Waals surface area (Å²) in [7, 11) is 0. The first-order chi connectivity index (χ1) is 8.15. The molecule has 0 unspecified atom stereocenters. The minimum atomic E-state index is -1.14. The van der Waals surface area contributed by atoms with Crippen LogP contribution >= 0.6 is 0 Å². The molecular weight excluding hydrogens is 224 g/mol. The minimum absolute atomic E-state index is 0.0595. The zero-order valence-electron chi connectivity index (χ0n) is 8.77. The van der Waals surface area contributed by atoms with Crippen molar-refractivity contribution in [2.75, 3.05) is 5.32 Å². The first-order valence-corrected chi connectivity index (χ1v) is 4.89. The molecule has 0 saturated heterocycles. The smallest absolute Gasteiger partial charge is 0.336 e. The highest BCUT2D eigenvalue weighted by molar-refractivity contribution is 5.88. The molecule has 6 heteroatoms.